The lowest BCUT2D eigenvalue weighted by Crippen LogP contribution is -2.34. The second-order valence-corrected chi connectivity index (χ2v) is 3.45. The molecule has 17 heavy (non-hydrogen) atoms. The van der Waals surface area contributed by atoms with Crippen molar-refractivity contribution in [3.63, 3.8) is 0 Å². The number of ether oxygens (including phenoxy) is 1. The van der Waals surface area contributed by atoms with E-state index in [1.54, 1.807) is 38.3 Å². The maximum absolute atomic E-state index is 11.8. The van der Waals surface area contributed by atoms with Crippen LogP contribution in [0.15, 0.2) is 24.3 Å². The summed E-state index contributed by atoms with van der Waals surface area (Å²) in [4.78, 5) is 23.6. The molecule has 1 amide bonds. The van der Waals surface area contributed by atoms with Gasteiger partial charge in [-0.2, -0.15) is 0 Å². The Bertz CT molecular complexity index is 399. The molecule has 0 bridgehead atoms. The minimum Gasteiger partial charge on any atom is -0.497 e. The Hall–Kier alpha value is -2.04. The van der Waals surface area contributed by atoms with Crippen molar-refractivity contribution in [1.82, 2.24) is 4.90 Å². The Kier molecular flexibility index (Phi) is 4.51. The number of rotatable bonds is 5. The Morgan fingerprint density at radius 1 is 1.29 bits per heavy atom. The molecule has 1 rings (SSSR count). The molecule has 0 heterocycles. The second-order valence-electron chi connectivity index (χ2n) is 3.45. The van der Waals surface area contributed by atoms with E-state index in [4.69, 9.17) is 9.84 Å². The lowest BCUT2D eigenvalue weighted by molar-refractivity contribution is 0.0913. The van der Waals surface area contributed by atoms with E-state index >= 15 is 0 Å². The monoisotopic (exact) mass is 237 g/mol. The Morgan fingerprint density at radius 2 is 1.88 bits per heavy atom. The van der Waals surface area contributed by atoms with Crippen molar-refractivity contribution in [2.45, 2.75) is 6.92 Å². The molecule has 0 spiro atoms. The van der Waals surface area contributed by atoms with Crippen LogP contribution in [0.1, 0.15) is 17.3 Å². The third-order valence-corrected chi connectivity index (χ3v) is 2.40. The van der Waals surface area contributed by atoms with Crippen molar-refractivity contribution in [2.75, 3.05) is 20.2 Å². The van der Waals surface area contributed by atoms with Crippen molar-refractivity contribution >= 4 is 11.9 Å². The van der Waals surface area contributed by atoms with Gasteiger partial charge in [0.25, 0.3) is 0 Å². The quantitative estimate of drug-likeness (QED) is 0.794. The lowest BCUT2D eigenvalue weighted by Gasteiger charge is -2.15. The first-order chi connectivity index (χ1) is 8.08. The molecule has 0 saturated carbocycles. The van der Waals surface area contributed by atoms with Gasteiger partial charge in [-0.15, -0.1) is 0 Å². The van der Waals surface area contributed by atoms with Crippen molar-refractivity contribution < 1.29 is 19.4 Å². The first kappa shape index (κ1) is 13.0. The number of hydrogen-bond acceptors (Lipinski definition) is 3. The van der Waals surface area contributed by atoms with Crippen LogP contribution in [0.25, 0.3) is 0 Å². The van der Waals surface area contributed by atoms with E-state index in [1.165, 1.54) is 0 Å². The average molecular weight is 237 g/mol. The highest BCUT2D eigenvalue weighted by Crippen LogP contribution is 2.12. The molecule has 0 radical (unpaired) electrons. The summed E-state index contributed by atoms with van der Waals surface area (Å²) in [5.41, 5.74) is 0.477. The molecule has 92 valence electrons. The van der Waals surface area contributed by atoms with Gasteiger partial charge in [0.05, 0.1) is 13.7 Å². The third-order valence-electron chi connectivity index (χ3n) is 2.40. The molecular weight excluding hydrogens is 222 g/mol. The predicted molar refractivity (Wildman–Crippen MR) is 62.6 cm³/mol. The SMILES string of the molecule is CCN(CC(=O)c1ccc(OC)cc1)C(=O)O. The maximum atomic E-state index is 11.8. The Labute approximate surface area is 99.6 Å². The number of hydrogen-bond donors (Lipinski definition) is 1. The third kappa shape index (κ3) is 3.48. The van der Waals surface area contributed by atoms with E-state index in [-0.39, 0.29) is 18.9 Å². The number of methoxy groups -OCH3 is 1. The van der Waals surface area contributed by atoms with Gasteiger partial charge in [-0.1, -0.05) is 0 Å². The molecule has 0 aliphatic rings. The number of amides is 1. The number of benzene rings is 1. The van der Waals surface area contributed by atoms with Gasteiger partial charge in [-0.05, 0) is 31.2 Å². The topological polar surface area (TPSA) is 66.8 Å². The Balaban J connectivity index is 2.72. The van der Waals surface area contributed by atoms with E-state index in [0.29, 0.717) is 11.3 Å². The largest absolute Gasteiger partial charge is 0.497 e. The second kappa shape index (κ2) is 5.89. The minimum atomic E-state index is -1.09. The summed E-state index contributed by atoms with van der Waals surface area (Å²) in [5.74, 6) is 0.434. The van der Waals surface area contributed by atoms with E-state index in [0.717, 1.165) is 4.90 Å². The fourth-order valence-electron chi connectivity index (χ4n) is 1.36. The molecule has 0 saturated heterocycles. The normalized spacial score (nSPS) is 9.76. The molecule has 1 N–H and O–H groups in total. The smallest absolute Gasteiger partial charge is 0.407 e. The summed E-state index contributed by atoms with van der Waals surface area (Å²) in [6.07, 6.45) is -1.09. The van der Waals surface area contributed by atoms with E-state index in [1.807, 2.05) is 0 Å². The summed E-state index contributed by atoms with van der Waals surface area (Å²) >= 11 is 0. The summed E-state index contributed by atoms with van der Waals surface area (Å²) in [7, 11) is 1.54. The van der Waals surface area contributed by atoms with Crippen LogP contribution >= 0.6 is 0 Å². The Morgan fingerprint density at radius 3 is 2.29 bits per heavy atom. The van der Waals surface area contributed by atoms with Gasteiger partial charge in [0, 0.05) is 12.1 Å². The molecule has 5 heteroatoms. The standard InChI is InChI=1S/C12H15NO4/c1-3-13(12(15)16)8-11(14)9-4-6-10(17-2)7-5-9/h4-7H,3,8H2,1-2H3,(H,15,16). The fraction of sp³-hybridized carbons (Fsp3) is 0.333. The number of nitrogens with zero attached hydrogens (tertiary/aromatic N) is 1. The van der Waals surface area contributed by atoms with Crippen molar-refractivity contribution in [1.29, 1.82) is 0 Å². The van der Waals surface area contributed by atoms with Gasteiger partial charge in [0.15, 0.2) is 5.78 Å². The highest BCUT2D eigenvalue weighted by atomic mass is 16.5. The van der Waals surface area contributed by atoms with Crippen LogP contribution in [0, 0.1) is 0 Å². The van der Waals surface area contributed by atoms with Crippen LogP contribution < -0.4 is 4.74 Å². The van der Waals surface area contributed by atoms with E-state index in [9.17, 15) is 9.59 Å². The highest BCUT2D eigenvalue weighted by Gasteiger charge is 2.15. The molecule has 0 unspecified atom stereocenters. The predicted octanol–water partition coefficient (Wildman–Crippen LogP) is 1.88. The molecule has 1 aromatic carbocycles. The zero-order valence-electron chi connectivity index (χ0n) is 9.84. The van der Waals surface area contributed by atoms with Crippen molar-refractivity contribution in [2.24, 2.45) is 0 Å². The molecule has 1 aromatic rings. The summed E-state index contributed by atoms with van der Waals surface area (Å²) in [6.45, 7) is 1.85. The van der Waals surface area contributed by atoms with Crippen molar-refractivity contribution in [3.05, 3.63) is 29.8 Å². The first-order valence-corrected chi connectivity index (χ1v) is 5.23. The zero-order valence-corrected chi connectivity index (χ0v) is 9.84. The van der Waals surface area contributed by atoms with Gasteiger partial charge >= 0.3 is 6.09 Å². The average Bonchev–Trinajstić information content (AvgIpc) is 2.35. The van der Waals surface area contributed by atoms with Crippen LogP contribution in [0.5, 0.6) is 5.75 Å². The molecule has 0 aliphatic carbocycles. The number of carboxylic acid groups (broad SMARTS) is 1. The van der Waals surface area contributed by atoms with Gasteiger partial charge < -0.3 is 14.7 Å². The van der Waals surface area contributed by atoms with E-state index < -0.39 is 6.09 Å². The zero-order chi connectivity index (χ0) is 12.8. The number of likely N-dealkylation sites (N-methyl/N-ethyl adjacent to an activating group) is 1. The van der Waals surface area contributed by atoms with Gasteiger partial charge in [0.2, 0.25) is 0 Å². The minimum absolute atomic E-state index is 0.127. The van der Waals surface area contributed by atoms with Gasteiger partial charge in [-0.25, -0.2) is 4.79 Å². The molecule has 0 aromatic heterocycles. The van der Waals surface area contributed by atoms with Gasteiger partial charge in [-0.3, -0.25) is 4.79 Å². The van der Waals surface area contributed by atoms with Crippen LogP contribution in [0.2, 0.25) is 0 Å². The number of carbonyl (C=O) groups is 2. The molecule has 5 nitrogen and oxygen atoms in total. The van der Waals surface area contributed by atoms with Gasteiger partial charge in [0.1, 0.15) is 5.75 Å². The molecular formula is C12H15NO4. The highest BCUT2D eigenvalue weighted by molar-refractivity contribution is 5.98. The van der Waals surface area contributed by atoms with Crippen LogP contribution in [-0.4, -0.2) is 42.1 Å². The summed E-state index contributed by atoms with van der Waals surface area (Å²) in [5, 5.41) is 8.80. The van der Waals surface area contributed by atoms with Crippen LogP contribution in [0.4, 0.5) is 4.79 Å². The fourth-order valence-corrected chi connectivity index (χ4v) is 1.36. The first-order valence-electron chi connectivity index (χ1n) is 5.23. The number of Topliss-reactive ketones (excluding diaryl/α,β-unsaturated/α-hetero) is 1. The molecule has 0 atom stereocenters. The van der Waals surface area contributed by atoms with Crippen LogP contribution in [0.3, 0.4) is 0 Å². The lowest BCUT2D eigenvalue weighted by atomic mass is 10.1. The van der Waals surface area contributed by atoms with Crippen molar-refractivity contribution in [3.8, 4) is 5.75 Å². The molecule has 0 fully saturated rings. The summed E-state index contributed by atoms with van der Waals surface area (Å²) < 4.78 is 4.97. The number of carbonyl (C=O) groups excluding carboxylic acids is 1. The molecule has 0 aliphatic heterocycles. The number of ketones is 1. The summed E-state index contributed by atoms with van der Waals surface area (Å²) in [6, 6.07) is 6.59. The van der Waals surface area contributed by atoms with Crippen LogP contribution in [-0.2, 0) is 0 Å². The van der Waals surface area contributed by atoms with E-state index in [2.05, 4.69) is 0 Å². The maximum Gasteiger partial charge on any atom is 0.407 e.